The Morgan fingerprint density at radius 1 is 1.55 bits per heavy atom. The third-order valence-electron chi connectivity index (χ3n) is 3.50. The van der Waals surface area contributed by atoms with Gasteiger partial charge in [-0.1, -0.05) is 6.92 Å². The van der Waals surface area contributed by atoms with Gasteiger partial charge in [0.25, 0.3) is 0 Å². The highest BCUT2D eigenvalue weighted by Crippen LogP contribution is 2.14. The van der Waals surface area contributed by atoms with Crippen molar-refractivity contribution in [3.63, 3.8) is 0 Å². The van der Waals surface area contributed by atoms with Crippen molar-refractivity contribution in [2.45, 2.75) is 45.3 Å². The minimum absolute atomic E-state index is 0.0206. The van der Waals surface area contributed by atoms with Crippen molar-refractivity contribution >= 4 is 17.4 Å². The van der Waals surface area contributed by atoms with E-state index in [0.29, 0.717) is 13.1 Å². The summed E-state index contributed by atoms with van der Waals surface area (Å²) in [4.78, 5) is 14.2. The lowest BCUT2D eigenvalue weighted by atomic mass is 10.1. The van der Waals surface area contributed by atoms with Crippen LogP contribution in [-0.2, 0) is 11.3 Å². The normalized spacial score (nSPS) is 18.8. The summed E-state index contributed by atoms with van der Waals surface area (Å²) in [5, 5.41) is 7.09. The molecule has 20 heavy (non-hydrogen) atoms. The van der Waals surface area contributed by atoms with E-state index in [1.54, 1.807) is 11.3 Å². The zero-order valence-electron chi connectivity index (χ0n) is 12.1. The van der Waals surface area contributed by atoms with E-state index in [2.05, 4.69) is 17.6 Å². The highest BCUT2D eigenvalue weighted by molar-refractivity contribution is 7.07. The van der Waals surface area contributed by atoms with E-state index in [0.717, 1.165) is 38.0 Å². The summed E-state index contributed by atoms with van der Waals surface area (Å²) in [5.74, 6) is 0. The predicted molar refractivity (Wildman–Crippen MR) is 82.0 cm³/mol. The molecule has 0 spiro atoms. The van der Waals surface area contributed by atoms with Crippen LogP contribution in [-0.4, -0.2) is 36.7 Å². The molecule has 0 radical (unpaired) electrons. The maximum absolute atomic E-state index is 12.3. The number of rotatable bonds is 6. The van der Waals surface area contributed by atoms with E-state index in [-0.39, 0.29) is 12.1 Å². The molecule has 0 bridgehead atoms. The zero-order chi connectivity index (χ0) is 14.2. The minimum atomic E-state index is 0.0206. The van der Waals surface area contributed by atoms with Crippen LogP contribution < -0.4 is 5.32 Å². The lowest BCUT2D eigenvalue weighted by Gasteiger charge is -2.29. The first-order valence-corrected chi connectivity index (χ1v) is 8.39. The minimum Gasteiger partial charge on any atom is -0.376 e. The summed E-state index contributed by atoms with van der Waals surface area (Å²) >= 11 is 1.65. The molecule has 1 aromatic heterocycles. The average Bonchev–Trinajstić information content (AvgIpc) is 2.99. The molecule has 1 saturated heterocycles. The molecule has 4 nitrogen and oxygen atoms in total. The SMILES string of the molecule is CCCN(C[C@H]1CCCCO1)C(=O)NCc1ccsc1. The molecule has 1 aromatic rings. The van der Waals surface area contributed by atoms with Crippen molar-refractivity contribution in [2.75, 3.05) is 19.7 Å². The number of hydrogen-bond donors (Lipinski definition) is 1. The second-order valence-corrected chi connectivity index (χ2v) is 6.00. The molecule has 2 heterocycles. The van der Waals surface area contributed by atoms with Crippen molar-refractivity contribution in [1.29, 1.82) is 0 Å². The summed E-state index contributed by atoms with van der Waals surface area (Å²) in [6.07, 6.45) is 4.61. The second-order valence-electron chi connectivity index (χ2n) is 5.22. The first-order chi connectivity index (χ1) is 9.79. The van der Waals surface area contributed by atoms with Crippen LogP contribution in [0.2, 0.25) is 0 Å². The van der Waals surface area contributed by atoms with Crippen LogP contribution >= 0.6 is 11.3 Å². The highest BCUT2D eigenvalue weighted by Gasteiger charge is 2.20. The maximum atomic E-state index is 12.3. The highest BCUT2D eigenvalue weighted by atomic mass is 32.1. The number of carbonyl (C=O) groups excluding carboxylic acids is 1. The molecular formula is C15H24N2O2S. The number of nitrogens with one attached hydrogen (secondary N) is 1. The molecule has 112 valence electrons. The first-order valence-electron chi connectivity index (χ1n) is 7.45. The monoisotopic (exact) mass is 296 g/mol. The first kappa shape index (κ1) is 15.3. The fraction of sp³-hybridized carbons (Fsp3) is 0.667. The number of amides is 2. The van der Waals surface area contributed by atoms with E-state index in [4.69, 9.17) is 4.74 Å². The Morgan fingerprint density at radius 2 is 2.45 bits per heavy atom. The average molecular weight is 296 g/mol. The van der Waals surface area contributed by atoms with Crippen LogP contribution in [0.3, 0.4) is 0 Å². The van der Waals surface area contributed by atoms with Crippen molar-refractivity contribution in [1.82, 2.24) is 10.2 Å². The van der Waals surface area contributed by atoms with Crippen LogP contribution in [0.25, 0.3) is 0 Å². The Morgan fingerprint density at radius 3 is 3.10 bits per heavy atom. The molecule has 1 N–H and O–H groups in total. The Labute approximate surface area is 125 Å². The fourth-order valence-electron chi connectivity index (χ4n) is 2.43. The molecule has 1 fully saturated rings. The van der Waals surface area contributed by atoms with Crippen molar-refractivity contribution in [3.8, 4) is 0 Å². The summed E-state index contributed by atoms with van der Waals surface area (Å²) < 4.78 is 5.74. The standard InChI is InChI=1S/C15H24N2O2S/c1-2-7-17(11-14-5-3-4-8-19-14)15(18)16-10-13-6-9-20-12-13/h6,9,12,14H,2-5,7-8,10-11H2,1H3,(H,16,18)/t14-/m1/s1. The zero-order valence-corrected chi connectivity index (χ0v) is 13.0. The number of hydrogen-bond acceptors (Lipinski definition) is 3. The van der Waals surface area contributed by atoms with Crippen molar-refractivity contribution in [2.24, 2.45) is 0 Å². The van der Waals surface area contributed by atoms with Crippen LogP contribution in [0.15, 0.2) is 16.8 Å². The topological polar surface area (TPSA) is 41.6 Å². The summed E-state index contributed by atoms with van der Waals surface area (Å²) in [5.41, 5.74) is 1.16. The smallest absolute Gasteiger partial charge is 0.317 e. The molecule has 2 amide bonds. The van der Waals surface area contributed by atoms with Gasteiger partial charge in [0.05, 0.1) is 6.10 Å². The molecule has 1 atom stereocenters. The number of carbonyl (C=O) groups is 1. The lowest BCUT2D eigenvalue weighted by Crippen LogP contribution is -2.45. The van der Waals surface area contributed by atoms with E-state index in [1.165, 1.54) is 6.42 Å². The molecule has 0 aromatic carbocycles. The molecule has 0 saturated carbocycles. The van der Waals surface area contributed by atoms with Crippen LogP contribution in [0, 0.1) is 0 Å². The van der Waals surface area contributed by atoms with Crippen LogP contribution in [0.1, 0.15) is 38.2 Å². The van der Waals surface area contributed by atoms with Gasteiger partial charge < -0.3 is 15.0 Å². The number of ether oxygens (including phenoxy) is 1. The van der Waals surface area contributed by atoms with Crippen LogP contribution in [0.5, 0.6) is 0 Å². The van der Waals surface area contributed by atoms with Gasteiger partial charge in [0.2, 0.25) is 0 Å². The second kappa shape index (κ2) is 8.27. The number of thiophene rings is 1. The molecule has 1 aliphatic heterocycles. The number of nitrogens with zero attached hydrogens (tertiary/aromatic N) is 1. The summed E-state index contributed by atoms with van der Waals surface area (Å²) in [6.45, 7) is 5.04. The predicted octanol–water partition coefficient (Wildman–Crippen LogP) is 3.24. The Balaban J connectivity index is 1.81. The van der Waals surface area contributed by atoms with Gasteiger partial charge in [-0.05, 0) is 48.1 Å². The van der Waals surface area contributed by atoms with Gasteiger partial charge in [0.1, 0.15) is 0 Å². The van der Waals surface area contributed by atoms with Crippen LogP contribution in [0.4, 0.5) is 4.79 Å². The molecule has 1 aliphatic rings. The molecule has 0 aliphatic carbocycles. The van der Waals surface area contributed by atoms with Gasteiger partial charge in [-0.15, -0.1) is 0 Å². The van der Waals surface area contributed by atoms with Gasteiger partial charge in [0, 0.05) is 26.2 Å². The van der Waals surface area contributed by atoms with Gasteiger partial charge in [-0.3, -0.25) is 0 Å². The molecular weight excluding hydrogens is 272 g/mol. The Bertz CT molecular complexity index is 389. The van der Waals surface area contributed by atoms with Gasteiger partial charge in [0.15, 0.2) is 0 Å². The molecule has 2 rings (SSSR count). The van der Waals surface area contributed by atoms with Gasteiger partial charge in [-0.2, -0.15) is 11.3 Å². The van der Waals surface area contributed by atoms with Gasteiger partial charge in [-0.25, -0.2) is 4.79 Å². The maximum Gasteiger partial charge on any atom is 0.317 e. The largest absolute Gasteiger partial charge is 0.376 e. The van der Waals surface area contributed by atoms with E-state index < -0.39 is 0 Å². The molecule has 5 heteroatoms. The van der Waals surface area contributed by atoms with Gasteiger partial charge >= 0.3 is 6.03 Å². The van der Waals surface area contributed by atoms with E-state index >= 15 is 0 Å². The number of urea groups is 1. The Kier molecular flexibility index (Phi) is 6.33. The Hall–Kier alpha value is -1.07. The third kappa shape index (κ3) is 4.80. The third-order valence-corrected chi connectivity index (χ3v) is 4.23. The summed E-state index contributed by atoms with van der Waals surface area (Å²) in [7, 11) is 0. The lowest BCUT2D eigenvalue weighted by molar-refractivity contribution is 0.000697. The van der Waals surface area contributed by atoms with E-state index in [9.17, 15) is 4.79 Å². The fourth-order valence-corrected chi connectivity index (χ4v) is 3.09. The summed E-state index contributed by atoms with van der Waals surface area (Å²) in [6, 6.07) is 2.06. The van der Waals surface area contributed by atoms with Crippen molar-refractivity contribution < 1.29 is 9.53 Å². The van der Waals surface area contributed by atoms with Crippen molar-refractivity contribution in [3.05, 3.63) is 22.4 Å². The van der Waals surface area contributed by atoms with E-state index in [1.807, 2.05) is 16.3 Å². The quantitative estimate of drug-likeness (QED) is 0.875. The molecule has 0 unspecified atom stereocenters.